The van der Waals surface area contributed by atoms with Crippen molar-refractivity contribution < 1.29 is 9.53 Å². The second-order valence-electron chi connectivity index (χ2n) is 5.18. The summed E-state index contributed by atoms with van der Waals surface area (Å²) in [6.07, 6.45) is 2.44. The van der Waals surface area contributed by atoms with Gasteiger partial charge in [-0.1, -0.05) is 12.1 Å². The minimum atomic E-state index is -0.238. The van der Waals surface area contributed by atoms with Crippen LogP contribution in [0.15, 0.2) is 24.3 Å². The average molecular weight is 231 g/mol. The van der Waals surface area contributed by atoms with Gasteiger partial charge in [0, 0.05) is 25.9 Å². The Bertz CT molecular complexity index is 447. The molecule has 90 valence electrons. The summed E-state index contributed by atoms with van der Waals surface area (Å²) in [5.41, 5.74) is 0.509. The lowest BCUT2D eigenvalue weighted by Gasteiger charge is -2.43. The van der Waals surface area contributed by atoms with Gasteiger partial charge in [0.05, 0.1) is 12.0 Å². The smallest absolute Gasteiger partial charge is 0.170 e. The normalized spacial score (nSPS) is 23.2. The first-order valence-corrected chi connectivity index (χ1v) is 6.18. The van der Waals surface area contributed by atoms with Crippen LogP contribution in [0.4, 0.5) is 0 Å². The maximum Gasteiger partial charge on any atom is 0.170 e. The summed E-state index contributed by atoms with van der Waals surface area (Å²) in [4.78, 5) is 14.4. The summed E-state index contributed by atoms with van der Waals surface area (Å²) in [5, 5.41) is 0. The Labute approximate surface area is 101 Å². The van der Waals surface area contributed by atoms with Crippen LogP contribution in [0.1, 0.15) is 29.6 Å². The van der Waals surface area contributed by atoms with Crippen LogP contribution < -0.4 is 4.74 Å². The van der Waals surface area contributed by atoms with E-state index >= 15 is 0 Å². The fourth-order valence-electron chi connectivity index (χ4n) is 2.75. The number of nitrogens with zero attached hydrogens (tertiary/aromatic N) is 1. The van der Waals surface area contributed by atoms with Gasteiger partial charge in [0.1, 0.15) is 11.4 Å². The van der Waals surface area contributed by atoms with E-state index in [1.54, 1.807) is 0 Å². The Morgan fingerprint density at radius 3 is 2.71 bits per heavy atom. The molecule has 1 spiro atoms. The SMILES string of the molecule is CN1CCC2(CC1)CC(=O)c1ccccc1O2. The molecule has 2 aliphatic rings. The van der Waals surface area contributed by atoms with Crippen molar-refractivity contribution in [3.63, 3.8) is 0 Å². The number of hydrogen-bond donors (Lipinski definition) is 0. The van der Waals surface area contributed by atoms with Gasteiger partial charge in [-0.2, -0.15) is 0 Å². The van der Waals surface area contributed by atoms with Crippen LogP contribution in [0.25, 0.3) is 0 Å². The third-order valence-electron chi connectivity index (χ3n) is 3.89. The number of benzene rings is 1. The van der Waals surface area contributed by atoms with Gasteiger partial charge < -0.3 is 9.64 Å². The van der Waals surface area contributed by atoms with Gasteiger partial charge in [0.25, 0.3) is 0 Å². The van der Waals surface area contributed by atoms with Gasteiger partial charge in [0.2, 0.25) is 0 Å². The number of ether oxygens (including phenoxy) is 1. The number of piperidine rings is 1. The minimum Gasteiger partial charge on any atom is -0.486 e. The molecule has 0 aliphatic carbocycles. The molecular weight excluding hydrogens is 214 g/mol. The first-order valence-electron chi connectivity index (χ1n) is 6.18. The lowest BCUT2D eigenvalue weighted by Crippen LogP contribution is -2.50. The van der Waals surface area contributed by atoms with Crippen LogP contribution in [0.5, 0.6) is 5.75 Å². The molecule has 1 fully saturated rings. The van der Waals surface area contributed by atoms with Gasteiger partial charge in [0.15, 0.2) is 5.78 Å². The second-order valence-corrected chi connectivity index (χ2v) is 5.18. The average Bonchev–Trinajstić information content (AvgIpc) is 2.34. The summed E-state index contributed by atoms with van der Waals surface area (Å²) in [7, 11) is 2.12. The quantitative estimate of drug-likeness (QED) is 0.685. The first-order chi connectivity index (χ1) is 8.19. The largest absolute Gasteiger partial charge is 0.486 e. The molecule has 1 aromatic rings. The molecule has 0 amide bonds. The number of carbonyl (C=O) groups excluding carboxylic acids is 1. The highest BCUT2D eigenvalue weighted by Crippen LogP contribution is 2.38. The number of Topliss-reactive ketones (excluding diaryl/α,β-unsaturated/α-hetero) is 1. The fraction of sp³-hybridized carbons (Fsp3) is 0.500. The van der Waals surface area contributed by atoms with E-state index in [0.717, 1.165) is 37.2 Å². The van der Waals surface area contributed by atoms with Crippen molar-refractivity contribution in [2.75, 3.05) is 20.1 Å². The molecule has 0 N–H and O–H groups in total. The molecular formula is C14H17NO2. The molecule has 0 bridgehead atoms. The Hall–Kier alpha value is -1.35. The van der Waals surface area contributed by atoms with E-state index in [0.29, 0.717) is 6.42 Å². The molecule has 0 radical (unpaired) electrons. The zero-order valence-corrected chi connectivity index (χ0v) is 10.1. The molecule has 1 aromatic carbocycles. The predicted molar refractivity (Wildman–Crippen MR) is 65.5 cm³/mol. The second kappa shape index (κ2) is 3.84. The number of hydrogen-bond acceptors (Lipinski definition) is 3. The van der Waals surface area contributed by atoms with Crippen LogP contribution in [0.2, 0.25) is 0 Å². The Morgan fingerprint density at radius 2 is 1.94 bits per heavy atom. The number of rotatable bonds is 0. The van der Waals surface area contributed by atoms with Crippen molar-refractivity contribution in [1.29, 1.82) is 0 Å². The van der Waals surface area contributed by atoms with Crippen molar-refractivity contribution >= 4 is 5.78 Å². The van der Waals surface area contributed by atoms with Crippen molar-refractivity contribution in [1.82, 2.24) is 4.90 Å². The minimum absolute atomic E-state index is 0.233. The van der Waals surface area contributed by atoms with E-state index in [-0.39, 0.29) is 11.4 Å². The van der Waals surface area contributed by atoms with Crippen molar-refractivity contribution in [2.45, 2.75) is 24.9 Å². The van der Waals surface area contributed by atoms with Gasteiger partial charge >= 0.3 is 0 Å². The molecule has 3 rings (SSSR count). The molecule has 0 atom stereocenters. The van der Waals surface area contributed by atoms with Crippen molar-refractivity contribution in [3.05, 3.63) is 29.8 Å². The Morgan fingerprint density at radius 1 is 1.24 bits per heavy atom. The topological polar surface area (TPSA) is 29.5 Å². The van der Waals surface area contributed by atoms with Gasteiger partial charge in [-0.15, -0.1) is 0 Å². The summed E-state index contributed by atoms with van der Waals surface area (Å²) >= 11 is 0. The summed E-state index contributed by atoms with van der Waals surface area (Å²) in [6.45, 7) is 2.02. The van der Waals surface area contributed by atoms with Crippen LogP contribution >= 0.6 is 0 Å². The van der Waals surface area contributed by atoms with Gasteiger partial charge in [-0.3, -0.25) is 4.79 Å². The van der Waals surface area contributed by atoms with Crippen LogP contribution in [-0.2, 0) is 0 Å². The highest BCUT2D eigenvalue weighted by atomic mass is 16.5. The van der Waals surface area contributed by atoms with E-state index in [1.807, 2.05) is 24.3 Å². The lowest BCUT2D eigenvalue weighted by atomic mass is 9.82. The molecule has 3 nitrogen and oxygen atoms in total. The van der Waals surface area contributed by atoms with Gasteiger partial charge in [-0.05, 0) is 19.2 Å². The standard InChI is InChI=1S/C14H17NO2/c1-15-8-6-14(7-9-15)10-12(16)11-4-2-3-5-13(11)17-14/h2-5H,6-10H2,1H3. The zero-order chi connectivity index (χ0) is 11.9. The van der Waals surface area contributed by atoms with E-state index in [4.69, 9.17) is 4.74 Å². The Kier molecular flexibility index (Phi) is 2.44. The van der Waals surface area contributed by atoms with Crippen LogP contribution in [-0.4, -0.2) is 36.4 Å². The number of para-hydroxylation sites is 1. The van der Waals surface area contributed by atoms with E-state index in [9.17, 15) is 4.79 Å². The monoisotopic (exact) mass is 231 g/mol. The predicted octanol–water partition coefficient (Wildman–Crippen LogP) is 2.12. The fourth-order valence-corrected chi connectivity index (χ4v) is 2.75. The molecule has 3 heteroatoms. The summed E-state index contributed by atoms with van der Waals surface area (Å²) in [5.74, 6) is 1.00. The van der Waals surface area contributed by atoms with E-state index in [2.05, 4.69) is 11.9 Å². The third kappa shape index (κ3) is 1.84. The highest BCUT2D eigenvalue weighted by Gasteiger charge is 2.42. The molecule has 2 aliphatic heterocycles. The molecule has 0 unspecified atom stereocenters. The van der Waals surface area contributed by atoms with E-state index < -0.39 is 0 Å². The van der Waals surface area contributed by atoms with Gasteiger partial charge in [-0.25, -0.2) is 0 Å². The lowest BCUT2D eigenvalue weighted by molar-refractivity contribution is -0.00367. The molecule has 1 saturated heterocycles. The highest BCUT2D eigenvalue weighted by molar-refractivity contribution is 6.00. The van der Waals surface area contributed by atoms with Crippen molar-refractivity contribution in [3.8, 4) is 5.75 Å². The maximum absolute atomic E-state index is 12.1. The number of carbonyl (C=O) groups is 1. The molecule has 2 heterocycles. The Balaban J connectivity index is 1.91. The number of likely N-dealkylation sites (tertiary alicyclic amines) is 1. The number of ketones is 1. The summed E-state index contributed by atoms with van der Waals surface area (Å²) < 4.78 is 6.13. The molecule has 0 aromatic heterocycles. The summed E-state index contributed by atoms with van der Waals surface area (Å²) in [6, 6.07) is 7.60. The van der Waals surface area contributed by atoms with Crippen LogP contribution in [0, 0.1) is 0 Å². The van der Waals surface area contributed by atoms with E-state index in [1.165, 1.54) is 0 Å². The number of fused-ring (bicyclic) bond motifs is 1. The first kappa shape index (κ1) is 10.8. The van der Waals surface area contributed by atoms with Crippen LogP contribution in [0.3, 0.4) is 0 Å². The van der Waals surface area contributed by atoms with Crippen molar-refractivity contribution in [2.24, 2.45) is 0 Å². The third-order valence-corrected chi connectivity index (χ3v) is 3.89. The molecule has 0 saturated carbocycles. The molecule has 17 heavy (non-hydrogen) atoms. The maximum atomic E-state index is 12.1. The zero-order valence-electron chi connectivity index (χ0n) is 10.1.